The molecule has 1 aliphatic carbocycles. The predicted octanol–water partition coefficient (Wildman–Crippen LogP) is 4.01. The van der Waals surface area contributed by atoms with E-state index in [1.165, 1.54) is 6.42 Å². The zero-order valence-electron chi connectivity index (χ0n) is 15.9. The van der Waals surface area contributed by atoms with Crippen LogP contribution in [0.25, 0.3) is 0 Å². The van der Waals surface area contributed by atoms with Crippen LogP contribution in [-0.2, 0) is 17.3 Å². The average Bonchev–Trinajstić information content (AvgIpc) is 3.04. The van der Waals surface area contributed by atoms with Crippen LogP contribution >= 0.6 is 11.8 Å². The molecule has 3 rings (SSSR count). The Morgan fingerprint density at radius 1 is 1.23 bits per heavy atom. The molecule has 0 saturated heterocycles. The first-order chi connectivity index (χ1) is 12.6. The summed E-state index contributed by atoms with van der Waals surface area (Å²) in [6.07, 6.45) is 5.21. The summed E-state index contributed by atoms with van der Waals surface area (Å²) in [6, 6.07) is 10.1. The molecule has 5 nitrogen and oxygen atoms in total. The van der Waals surface area contributed by atoms with Crippen LogP contribution in [0.5, 0.6) is 0 Å². The normalized spacial score (nSPS) is 17.7. The standard InChI is InChI=1S/C20H28N4OS/c1-4-26-19-23-22-17(24(19)3)15(2)21-18(25)20(13-9-6-10-14-20)16-11-7-5-8-12-16/h5,7-8,11-12,15H,4,6,9-10,13-14H2,1-3H3,(H,21,25)/t15-/m0/s1. The first-order valence-electron chi connectivity index (χ1n) is 9.47. The highest BCUT2D eigenvalue weighted by atomic mass is 32.2. The molecule has 0 radical (unpaired) electrons. The Kier molecular flexibility index (Phi) is 6.01. The number of hydrogen-bond acceptors (Lipinski definition) is 4. The molecule has 1 fully saturated rings. The number of amides is 1. The van der Waals surface area contributed by atoms with Crippen LogP contribution in [0.4, 0.5) is 0 Å². The minimum absolute atomic E-state index is 0.114. The van der Waals surface area contributed by atoms with Gasteiger partial charge in [0, 0.05) is 7.05 Å². The molecule has 26 heavy (non-hydrogen) atoms. The Bertz CT molecular complexity index is 738. The third-order valence-corrected chi connectivity index (χ3v) is 6.25. The van der Waals surface area contributed by atoms with Crippen LogP contribution in [-0.4, -0.2) is 26.4 Å². The fraction of sp³-hybridized carbons (Fsp3) is 0.550. The number of hydrogen-bond donors (Lipinski definition) is 1. The Balaban J connectivity index is 1.82. The van der Waals surface area contributed by atoms with Crippen LogP contribution in [0.1, 0.15) is 63.4 Å². The Labute approximate surface area is 160 Å². The predicted molar refractivity (Wildman–Crippen MR) is 105 cm³/mol. The number of nitrogens with zero attached hydrogens (tertiary/aromatic N) is 3. The fourth-order valence-electron chi connectivity index (χ4n) is 3.92. The minimum atomic E-state index is -0.423. The van der Waals surface area contributed by atoms with Crippen molar-refractivity contribution in [2.75, 3.05) is 5.75 Å². The number of rotatable bonds is 6. The van der Waals surface area contributed by atoms with E-state index in [-0.39, 0.29) is 11.9 Å². The highest BCUT2D eigenvalue weighted by Crippen LogP contribution is 2.40. The van der Waals surface area contributed by atoms with E-state index in [4.69, 9.17) is 0 Å². The second kappa shape index (κ2) is 8.25. The lowest BCUT2D eigenvalue weighted by atomic mass is 9.68. The number of carbonyl (C=O) groups excluding carboxylic acids is 1. The molecule has 0 unspecified atom stereocenters. The van der Waals surface area contributed by atoms with Gasteiger partial charge in [-0.1, -0.05) is 68.3 Å². The molecule has 0 aliphatic heterocycles. The molecule has 1 amide bonds. The molecule has 1 heterocycles. The van der Waals surface area contributed by atoms with Crippen molar-refractivity contribution >= 4 is 17.7 Å². The third kappa shape index (κ3) is 3.65. The lowest BCUT2D eigenvalue weighted by Crippen LogP contribution is -2.46. The van der Waals surface area contributed by atoms with Gasteiger partial charge in [0.05, 0.1) is 11.5 Å². The Morgan fingerprint density at radius 2 is 1.92 bits per heavy atom. The van der Waals surface area contributed by atoms with Gasteiger partial charge < -0.3 is 9.88 Å². The summed E-state index contributed by atoms with van der Waals surface area (Å²) in [7, 11) is 1.96. The van der Waals surface area contributed by atoms with Gasteiger partial charge in [0.15, 0.2) is 11.0 Å². The zero-order valence-corrected chi connectivity index (χ0v) is 16.7. The Morgan fingerprint density at radius 3 is 2.58 bits per heavy atom. The number of nitrogens with one attached hydrogen (secondary N) is 1. The van der Waals surface area contributed by atoms with Crippen molar-refractivity contribution in [1.29, 1.82) is 0 Å². The summed E-state index contributed by atoms with van der Waals surface area (Å²) in [4.78, 5) is 13.4. The van der Waals surface area contributed by atoms with Crippen molar-refractivity contribution in [1.82, 2.24) is 20.1 Å². The number of carbonyl (C=O) groups is 1. The molecule has 1 aromatic carbocycles. The zero-order chi connectivity index (χ0) is 18.6. The van der Waals surface area contributed by atoms with Crippen molar-refractivity contribution in [2.45, 2.75) is 62.6 Å². The van der Waals surface area contributed by atoms with E-state index in [2.05, 4.69) is 34.6 Å². The maximum Gasteiger partial charge on any atom is 0.231 e. The monoisotopic (exact) mass is 372 g/mol. The van der Waals surface area contributed by atoms with Gasteiger partial charge in [0.1, 0.15) is 0 Å². The molecule has 2 aromatic rings. The highest BCUT2D eigenvalue weighted by Gasteiger charge is 2.41. The molecule has 0 bridgehead atoms. The first-order valence-corrected chi connectivity index (χ1v) is 10.5. The molecular weight excluding hydrogens is 344 g/mol. The van der Waals surface area contributed by atoms with E-state index in [1.807, 2.05) is 36.7 Å². The second-order valence-corrected chi connectivity index (χ2v) is 8.27. The van der Waals surface area contributed by atoms with Crippen molar-refractivity contribution < 1.29 is 4.79 Å². The lowest BCUT2D eigenvalue weighted by Gasteiger charge is -2.37. The molecule has 1 saturated carbocycles. The van der Waals surface area contributed by atoms with Crippen molar-refractivity contribution in [3.63, 3.8) is 0 Å². The summed E-state index contributed by atoms with van der Waals surface area (Å²) in [6.45, 7) is 4.08. The Hall–Kier alpha value is -1.82. The van der Waals surface area contributed by atoms with E-state index in [1.54, 1.807) is 11.8 Å². The molecule has 1 aromatic heterocycles. The first kappa shape index (κ1) is 19.0. The summed E-state index contributed by atoms with van der Waals surface area (Å²) >= 11 is 1.66. The van der Waals surface area contributed by atoms with Gasteiger partial charge in [-0.2, -0.15) is 0 Å². The van der Waals surface area contributed by atoms with Gasteiger partial charge in [-0.15, -0.1) is 10.2 Å². The molecule has 0 spiro atoms. The molecular formula is C20H28N4OS. The maximum atomic E-state index is 13.4. The highest BCUT2D eigenvalue weighted by molar-refractivity contribution is 7.99. The van der Waals surface area contributed by atoms with Gasteiger partial charge in [0.25, 0.3) is 0 Å². The molecule has 1 aliphatic rings. The summed E-state index contributed by atoms with van der Waals surface area (Å²) in [5.74, 6) is 1.86. The van der Waals surface area contributed by atoms with E-state index in [9.17, 15) is 4.79 Å². The van der Waals surface area contributed by atoms with E-state index in [0.717, 1.165) is 48.0 Å². The lowest BCUT2D eigenvalue weighted by molar-refractivity contribution is -0.128. The van der Waals surface area contributed by atoms with Crippen LogP contribution in [0, 0.1) is 0 Å². The van der Waals surface area contributed by atoms with Gasteiger partial charge >= 0.3 is 0 Å². The van der Waals surface area contributed by atoms with Crippen molar-refractivity contribution in [3.05, 3.63) is 41.7 Å². The van der Waals surface area contributed by atoms with E-state index >= 15 is 0 Å². The molecule has 1 N–H and O–H groups in total. The number of aromatic nitrogens is 3. The SMILES string of the molecule is CCSc1nnc([C@H](C)NC(=O)C2(c3ccccc3)CCCCC2)n1C. The minimum Gasteiger partial charge on any atom is -0.346 e. The van der Waals surface area contributed by atoms with Gasteiger partial charge in [-0.05, 0) is 31.1 Å². The number of benzene rings is 1. The quantitative estimate of drug-likeness (QED) is 0.779. The van der Waals surface area contributed by atoms with Crippen LogP contribution < -0.4 is 5.32 Å². The summed E-state index contributed by atoms with van der Waals surface area (Å²) in [5.41, 5.74) is 0.706. The summed E-state index contributed by atoms with van der Waals surface area (Å²) < 4.78 is 1.98. The molecule has 1 atom stereocenters. The van der Waals surface area contributed by atoms with E-state index < -0.39 is 5.41 Å². The van der Waals surface area contributed by atoms with Gasteiger partial charge in [-0.25, -0.2) is 0 Å². The molecule has 140 valence electrons. The van der Waals surface area contributed by atoms with E-state index in [0.29, 0.717) is 0 Å². The largest absolute Gasteiger partial charge is 0.346 e. The van der Waals surface area contributed by atoms with Crippen LogP contribution in [0.15, 0.2) is 35.5 Å². The van der Waals surface area contributed by atoms with Crippen LogP contribution in [0.3, 0.4) is 0 Å². The number of thioether (sulfide) groups is 1. The average molecular weight is 373 g/mol. The molecule has 6 heteroatoms. The summed E-state index contributed by atoms with van der Waals surface area (Å²) in [5, 5.41) is 12.7. The van der Waals surface area contributed by atoms with Crippen molar-refractivity contribution in [3.8, 4) is 0 Å². The van der Waals surface area contributed by atoms with Gasteiger partial charge in [0.2, 0.25) is 5.91 Å². The van der Waals surface area contributed by atoms with Gasteiger partial charge in [-0.3, -0.25) is 4.79 Å². The fourth-order valence-corrected chi connectivity index (χ4v) is 4.56. The second-order valence-electron chi connectivity index (χ2n) is 7.04. The van der Waals surface area contributed by atoms with Crippen LogP contribution in [0.2, 0.25) is 0 Å². The van der Waals surface area contributed by atoms with Crippen molar-refractivity contribution in [2.24, 2.45) is 7.05 Å². The maximum absolute atomic E-state index is 13.4. The topological polar surface area (TPSA) is 59.8 Å². The smallest absolute Gasteiger partial charge is 0.231 e. The third-order valence-electron chi connectivity index (χ3n) is 5.35.